The molecule has 0 aromatic heterocycles. The van der Waals surface area contributed by atoms with Gasteiger partial charge in [0.25, 0.3) is 0 Å². The second-order valence-electron chi connectivity index (χ2n) is 5.62. The summed E-state index contributed by atoms with van der Waals surface area (Å²) in [7, 11) is 0. The molecule has 0 amide bonds. The Balaban J connectivity index is 2.51. The summed E-state index contributed by atoms with van der Waals surface area (Å²) < 4.78 is 0. The highest BCUT2D eigenvalue weighted by Gasteiger charge is 2.32. The molecule has 0 radical (unpaired) electrons. The van der Waals surface area contributed by atoms with Crippen molar-refractivity contribution in [2.45, 2.75) is 51.4 Å². The highest BCUT2D eigenvalue weighted by atomic mass is 16.4. The number of phenols is 1. The Morgan fingerprint density at radius 3 is 2.39 bits per heavy atom. The van der Waals surface area contributed by atoms with Crippen LogP contribution in [0.25, 0.3) is 0 Å². The average molecular weight is 248 g/mol. The molecular weight excluding hydrogens is 228 g/mol. The molecule has 98 valence electrons. The summed E-state index contributed by atoms with van der Waals surface area (Å²) in [6.45, 7) is 3.89. The third-order valence-electron chi connectivity index (χ3n) is 4.15. The van der Waals surface area contributed by atoms with E-state index >= 15 is 0 Å². The first-order valence-corrected chi connectivity index (χ1v) is 6.51. The maximum Gasteiger partial charge on any atom is 0.335 e. The van der Waals surface area contributed by atoms with Crippen LogP contribution in [0.2, 0.25) is 0 Å². The van der Waals surface area contributed by atoms with E-state index in [0.29, 0.717) is 5.56 Å². The number of aromatic hydroxyl groups is 1. The van der Waals surface area contributed by atoms with E-state index in [0.717, 1.165) is 31.2 Å². The summed E-state index contributed by atoms with van der Waals surface area (Å²) >= 11 is 0. The van der Waals surface area contributed by atoms with Crippen molar-refractivity contribution < 1.29 is 15.0 Å². The van der Waals surface area contributed by atoms with Crippen LogP contribution < -0.4 is 0 Å². The molecular formula is C15H20O3. The number of phenolic OH excluding ortho intramolecular Hbond substituents is 1. The molecule has 1 fully saturated rings. The Labute approximate surface area is 107 Å². The zero-order valence-corrected chi connectivity index (χ0v) is 11.0. The second-order valence-corrected chi connectivity index (χ2v) is 5.62. The van der Waals surface area contributed by atoms with Crippen LogP contribution in [-0.4, -0.2) is 16.2 Å². The number of hydrogen-bond donors (Lipinski definition) is 2. The van der Waals surface area contributed by atoms with Crippen molar-refractivity contribution in [3.8, 4) is 5.75 Å². The molecule has 1 aromatic carbocycles. The van der Waals surface area contributed by atoms with E-state index in [1.54, 1.807) is 13.0 Å². The summed E-state index contributed by atoms with van der Waals surface area (Å²) in [5, 5.41) is 19.4. The summed E-state index contributed by atoms with van der Waals surface area (Å²) in [5.41, 5.74) is 1.64. The van der Waals surface area contributed by atoms with E-state index in [-0.39, 0.29) is 16.7 Å². The predicted octanol–water partition coefficient (Wildman–Crippen LogP) is 3.62. The Hall–Kier alpha value is -1.51. The van der Waals surface area contributed by atoms with Gasteiger partial charge in [-0.2, -0.15) is 0 Å². The third-order valence-corrected chi connectivity index (χ3v) is 4.15. The summed E-state index contributed by atoms with van der Waals surface area (Å²) in [6.07, 6.45) is 5.55. The predicted molar refractivity (Wildman–Crippen MR) is 70.2 cm³/mol. The van der Waals surface area contributed by atoms with Gasteiger partial charge in [0.15, 0.2) is 0 Å². The highest BCUT2D eigenvalue weighted by Crippen LogP contribution is 2.43. The summed E-state index contributed by atoms with van der Waals surface area (Å²) in [4.78, 5) is 11.1. The molecule has 2 N–H and O–H groups in total. The quantitative estimate of drug-likeness (QED) is 0.840. The van der Waals surface area contributed by atoms with Crippen molar-refractivity contribution in [1.82, 2.24) is 0 Å². The van der Waals surface area contributed by atoms with Gasteiger partial charge in [-0.1, -0.05) is 26.2 Å². The molecule has 1 aromatic rings. The molecule has 0 spiro atoms. The molecule has 18 heavy (non-hydrogen) atoms. The second kappa shape index (κ2) is 4.63. The van der Waals surface area contributed by atoms with Crippen molar-refractivity contribution in [2.75, 3.05) is 0 Å². The monoisotopic (exact) mass is 248 g/mol. The van der Waals surface area contributed by atoms with Gasteiger partial charge in [0.05, 0.1) is 5.56 Å². The number of carbonyl (C=O) groups is 1. The minimum atomic E-state index is -0.932. The van der Waals surface area contributed by atoms with E-state index in [1.807, 2.05) is 0 Å². The smallest absolute Gasteiger partial charge is 0.335 e. The summed E-state index contributed by atoms with van der Waals surface area (Å²) in [5.74, 6) is -0.664. The Morgan fingerprint density at radius 2 is 1.83 bits per heavy atom. The van der Waals surface area contributed by atoms with Gasteiger partial charge in [0.1, 0.15) is 5.75 Å². The Morgan fingerprint density at radius 1 is 1.22 bits per heavy atom. The van der Waals surface area contributed by atoms with Crippen LogP contribution in [-0.2, 0) is 5.41 Å². The van der Waals surface area contributed by atoms with Gasteiger partial charge >= 0.3 is 5.97 Å². The van der Waals surface area contributed by atoms with Gasteiger partial charge in [0, 0.05) is 5.56 Å². The molecule has 2 rings (SSSR count). The topological polar surface area (TPSA) is 57.5 Å². The van der Waals surface area contributed by atoms with Crippen LogP contribution >= 0.6 is 0 Å². The van der Waals surface area contributed by atoms with E-state index in [9.17, 15) is 9.90 Å². The van der Waals surface area contributed by atoms with Crippen LogP contribution in [0.4, 0.5) is 0 Å². The molecule has 1 aliphatic rings. The SMILES string of the molecule is Cc1cc(C(=O)O)cc(C2(C)CCCCC2)c1O. The maximum absolute atomic E-state index is 11.1. The molecule has 1 aliphatic carbocycles. The molecule has 0 unspecified atom stereocenters. The first-order valence-electron chi connectivity index (χ1n) is 6.51. The lowest BCUT2D eigenvalue weighted by atomic mass is 9.70. The zero-order chi connectivity index (χ0) is 13.3. The molecule has 3 nitrogen and oxygen atoms in total. The van der Waals surface area contributed by atoms with Gasteiger partial charge in [-0.05, 0) is 42.9 Å². The number of carboxylic acids is 1. The fourth-order valence-corrected chi connectivity index (χ4v) is 2.96. The van der Waals surface area contributed by atoms with E-state index in [4.69, 9.17) is 5.11 Å². The fourth-order valence-electron chi connectivity index (χ4n) is 2.96. The number of aromatic carboxylic acids is 1. The van der Waals surface area contributed by atoms with Gasteiger partial charge in [-0.25, -0.2) is 4.79 Å². The lowest BCUT2D eigenvalue weighted by Gasteiger charge is -2.35. The normalized spacial score (nSPS) is 18.6. The number of rotatable bonds is 2. The van der Waals surface area contributed by atoms with E-state index in [2.05, 4.69) is 6.92 Å². The lowest BCUT2D eigenvalue weighted by Crippen LogP contribution is -2.25. The van der Waals surface area contributed by atoms with Gasteiger partial charge in [-0.3, -0.25) is 0 Å². The number of aryl methyl sites for hydroxylation is 1. The van der Waals surface area contributed by atoms with Crippen molar-refractivity contribution in [3.63, 3.8) is 0 Å². The molecule has 0 bridgehead atoms. The van der Waals surface area contributed by atoms with Crippen LogP contribution in [0.5, 0.6) is 5.75 Å². The van der Waals surface area contributed by atoms with Gasteiger partial charge in [0.2, 0.25) is 0 Å². The molecule has 0 aliphatic heterocycles. The zero-order valence-electron chi connectivity index (χ0n) is 11.0. The van der Waals surface area contributed by atoms with Crippen LogP contribution in [0.3, 0.4) is 0 Å². The fraction of sp³-hybridized carbons (Fsp3) is 0.533. The minimum absolute atomic E-state index is 0.0848. The van der Waals surface area contributed by atoms with Gasteiger partial charge < -0.3 is 10.2 Å². The standard InChI is InChI=1S/C15H20O3/c1-10-8-11(14(17)18)9-12(13(10)16)15(2)6-4-3-5-7-15/h8-9,16H,3-7H2,1-2H3,(H,17,18). The van der Waals surface area contributed by atoms with Gasteiger partial charge in [-0.15, -0.1) is 0 Å². The first kappa shape index (κ1) is 12.9. The van der Waals surface area contributed by atoms with Crippen LogP contribution in [0, 0.1) is 6.92 Å². The molecule has 1 saturated carbocycles. The Bertz CT molecular complexity index is 471. The van der Waals surface area contributed by atoms with Crippen molar-refractivity contribution in [3.05, 3.63) is 28.8 Å². The van der Waals surface area contributed by atoms with Crippen molar-refractivity contribution >= 4 is 5.97 Å². The first-order chi connectivity index (χ1) is 8.44. The third kappa shape index (κ3) is 2.22. The van der Waals surface area contributed by atoms with Crippen molar-refractivity contribution in [1.29, 1.82) is 0 Å². The largest absolute Gasteiger partial charge is 0.507 e. The summed E-state index contributed by atoms with van der Waals surface area (Å²) in [6, 6.07) is 3.18. The maximum atomic E-state index is 11.1. The van der Waals surface area contributed by atoms with Crippen LogP contribution in [0.1, 0.15) is 60.5 Å². The van der Waals surface area contributed by atoms with Crippen LogP contribution in [0.15, 0.2) is 12.1 Å². The molecule has 0 heterocycles. The van der Waals surface area contributed by atoms with Crippen molar-refractivity contribution in [2.24, 2.45) is 0 Å². The lowest BCUT2D eigenvalue weighted by molar-refractivity contribution is 0.0696. The van der Waals surface area contributed by atoms with E-state index < -0.39 is 5.97 Å². The number of hydrogen-bond acceptors (Lipinski definition) is 2. The number of carboxylic acid groups (broad SMARTS) is 1. The average Bonchev–Trinajstić information content (AvgIpc) is 2.33. The minimum Gasteiger partial charge on any atom is -0.507 e. The van der Waals surface area contributed by atoms with E-state index in [1.165, 1.54) is 12.5 Å². The Kier molecular flexibility index (Phi) is 3.33. The molecule has 0 atom stereocenters. The number of benzene rings is 1. The molecule has 3 heteroatoms. The highest BCUT2D eigenvalue weighted by molar-refractivity contribution is 5.88. The molecule has 0 saturated heterocycles.